The largest absolute Gasteiger partial charge is 0.351 e. The van der Waals surface area contributed by atoms with E-state index in [0.717, 1.165) is 10.4 Å². The van der Waals surface area contributed by atoms with Crippen LogP contribution in [0.25, 0.3) is 0 Å². The Hall–Kier alpha value is -1.16. The number of rotatable bonds is 4. The fourth-order valence-corrected chi connectivity index (χ4v) is 1.74. The second-order valence-electron chi connectivity index (χ2n) is 2.43. The van der Waals surface area contributed by atoms with Gasteiger partial charge in [-0.1, -0.05) is 0 Å². The molecule has 12 heavy (non-hydrogen) atoms. The van der Waals surface area contributed by atoms with Crippen molar-refractivity contribution in [1.29, 1.82) is 5.41 Å². The minimum Gasteiger partial charge on any atom is -0.351 e. The van der Waals surface area contributed by atoms with Gasteiger partial charge < -0.3 is 10.7 Å². The van der Waals surface area contributed by atoms with Gasteiger partial charge in [-0.05, 0) is 18.4 Å². The molecule has 4 heteroatoms. The summed E-state index contributed by atoms with van der Waals surface area (Å²) in [7, 11) is 0. The molecule has 0 saturated carbocycles. The van der Waals surface area contributed by atoms with Gasteiger partial charge >= 0.3 is 0 Å². The zero-order valence-electron chi connectivity index (χ0n) is 6.70. The van der Waals surface area contributed by atoms with Gasteiger partial charge in [0.05, 0.1) is 6.04 Å². The summed E-state index contributed by atoms with van der Waals surface area (Å²) in [6.07, 6.45) is 1.99. The van der Waals surface area contributed by atoms with E-state index < -0.39 is 0 Å². The Balaban J connectivity index is 2.73. The van der Waals surface area contributed by atoms with Gasteiger partial charge in [0, 0.05) is 16.7 Å². The van der Waals surface area contributed by atoms with Crippen LogP contribution in [0.1, 0.15) is 23.4 Å². The lowest BCUT2D eigenvalue weighted by Gasteiger charge is -2.05. The van der Waals surface area contributed by atoms with Gasteiger partial charge in [-0.25, -0.2) is 0 Å². The molecule has 0 aliphatic heterocycles. The van der Waals surface area contributed by atoms with Crippen LogP contribution in [-0.4, -0.2) is 12.6 Å². The smallest absolute Gasteiger partial charge is 0.207 e. The van der Waals surface area contributed by atoms with Crippen LogP contribution in [0.4, 0.5) is 0 Å². The highest BCUT2D eigenvalue weighted by Crippen LogP contribution is 2.20. The summed E-state index contributed by atoms with van der Waals surface area (Å²) in [6, 6.07) is 1.94. The van der Waals surface area contributed by atoms with E-state index in [2.05, 4.69) is 5.32 Å². The fourth-order valence-electron chi connectivity index (χ4n) is 0.855. The molecular formula is C8H10N2OS. The molecule has 0 bridgehead atoms. The quantitative estimate of drug-likeness (QED) is 0.538. The van der Waals surface area contributed by atoms with Crippen molar-refractivity contribution in [3.05, 3.63) is 21.9 Å². The number of thiophene rings is 1. The first-order valence-electron chi connectivity index (χ1n) is 3.56. The normalized spacial score (nSPS) is 12.1. The monoisotopic (exact) mass is 182 g/mol. The van der Waals surface area contributed by atoms with Crippen LogP contribution >= 0.6 is 11.3 Å². The van der Waals surface area contributed by atoms with Gasteiger partial charge in [-0.3, -0.25) is 4.79 Å². The van der Waals surface area contributed by atoms with Crippen molar-refractivity contribution >= 4 is 24.0 Å². The Kier molecular flexibility index (Phi) is 2.99. The second kappa shape index (κ2) is 4.01. The van der Waals surface area contributed by atoms with Gasteiger partial charge in [-0.2, -0.15) is 0 Å². The lowest BCUT2D eigenvalue weighted by Crippen LogP contribution is -2.14. The van der Waals surface area contributed by atoms with Crippen LogP contribution in [-0.2, 0) is 4.79 Å². The maximum atomic E-state index is 10.1. The average molecular weight is 182 g/mol. The van der Waals surface area contributed by atoms with Gasteiger partial charge in [-0.15, -0.1) is 11.3 Å². The fraction of sp³-hybridized carbons (Fsp3) is 0.250. The molecule has 1 atom stereocenters. The molecule has 0 aromatic carbocycles. The average Bonchev–Trinajstić information content (AvgIpc) is 2.52. The van der Waals surface area contributed by atoms with Gasteiger partial charge in [0.2, 0.25) is 6.41 Å². The molecule has 1 amide bonds. The van der Waals surface area contributed by atoms with Crippen molar-refractivity contribution in [1.82, 2.24) is 5.32 Å². The van der Waals surface area contributed by atoms with Crippen LogP contribution in [0.2, 0.25) is 0 Å². The van der Waals surface area contributed by atoms with Crippen LogP contribution in [0, 0.1) is 5.41 Å². The van der Waals surface area contributed by atoms with Crippen LogP contribution < -0.4 is 5.32 Å². The summed E-state index contributed by atoms with van der Waals surface area (Å²) in [6.45, 7) is 1.91. The Bertz CT molecular complexity index is 282. The highest BCUT2D eigenvalue weighted by atomic mass is 32.1. The van der Waals surface area contributed by atoms with Crippen LogP contribution in [0.5, 0.6) is 0 Å². The zero-order valence-corrected chi connectivity index (χ0v) is 7.52. The molecule has 0 radical (unpaired) electrons. The highest BCUT2D eigenvalue weighted by molar-refractivity contribution is 7.10. The number of hydrogen-bond donors (Lipinski definition) is 2. The van der Waals surface area contributed by atoms with E-state index in [1.165, 1.54) is 6.21 Å². The summed E-state index contributed by atoms with van der Waals surface area (Å²) in [5, 5.41) is 11.5. The van der Waals surface area contributed by atoms with E-state index >= 15 is 0 Å². The first-order valence-corrected chi connectivity index (χ1v) is 4.44. The summed E-state index contributed by atoms with van der Waals surface area (Å²) < 4.78 is 0. The number of carbonyl (C=O) groups is 1. The molecule has 64 valence electrons. The van der Waals surface area contributed by atoms with E-state index in [-0.39, 0.29) is 6.04 Å². The van der Waals surface area contributed by atoms with E-state index in [9.17, 15) is 4.79 Å². The molecule has 0 fully saturated rings. The molecule has 0 aliphatic carbocycles. The van der Waals surface area contributed by atoms with Gasteiger partial charge in [0.15, 0.2) is 0 Å². The first-order chi connectivity index (χ1) is 5.77. The Morgan fingerprint density at radius 2 is 2.50 bits per heavy atom. The van der Waals surface area contributed by atoms with E-state index in [4.69, 9.17) is 5.41 Å². The van der Waals surface area contributed by atoms with E-state index in [1.807, 2.05) is 18.4 Å². The predicted molar refractivity (Wildman–Crippen MR) is 49.8 cm³/mol. The molecule has 1 aromatic heterocycles. The Labute approximate surface area is 74.9 Å². The molecule has 0 unspecified atom stereocenters. The maximum Gasteiger partial charge on any atom is 0.207 e. The zero-order chi connectivity index (χ0) is 8.97. The summed E-state index contributed by atoms with van der Waals surface area (Å²) >= 11 is 1.55. The number of amides is 1. The molecule has 3 nitrogen and oxygen atoms in total. The minimum atomic E-state index is 0.0428. The van der Waals surface area contributed by atoms with E-state index in [0.29, 0.717) is 6.41 Å². The van der Waals surface area contributed by atoms with Crippen molar-refractivity contribution in [2.75, 3.05) is 0 Å². The number of hydrogen-bond acceptors (Lipinski definition) is 3. The molecular weight excluding hydrogens is 172 g/mol. The molecule has 2 N–H and O–H groups in total. The number of carbonyl (C=O) groups excluding carboxylic acids is 1. The third-order valence-electron chi connectivity index (χ3n) is 1.55. The Morgan fingerprint density at radius 1 is 1.75 bits per heavy atom. The molecule has 1 heterocycles. The van der Waals surface area contributed by atoms with Crippen LogP contribution in [0.3, 0.4) is 0 Å². The van der Waals surface area contributed by atoms with Crippen molar-refractivity contribution in [2.45, 2.75) is 13.0 Å². The van der Waals surface area contributed by atoms with Crippen LogP contribution in [0.15, 0.2) is 11.4 Å². The second-order valence-corrected chi connectivity index (χ2v) is 3.38. The van der Waals surface area contributed by atoms with E-state index in [1.54, 1.807) is 11.3 Å². The molecule has 0 spiro atoms. The Morgan fingerprint density at radius 3 is 3.00 bits per heavy atom. The topological polar surface area (TPSA) is 53.0 Å². The summed E-state index contributed by atoms with van der Waals surface area (Å²) in [5.41, 5.74) is 0.884. The third-order valence-corrected chi connectivity index (χ3v) is 2.69. The van der Waals surface area contributed by atoms with Gasteiger partial charge in [0.25, 0.3) is 0 Å². The SMILES string of the molecule is C[C@@H](NC=O)c1cc(C=N)cs1. The predicted octanol–water partition coefficient (Wildman–Crippen LogP) is 1.55. The van der Waals surface area contributed by atoms with Crippen molar-refractivity contribution in [2.24, 2.45) is 0 Å². The summed E-state index contributed by atoms with van der Waals surface area (Å²) in [4.78, 5) is 11.2. The maximum absolute atomic E-state index is 10.1. The van der Waals surface area contributed by atoms with Crippen molar-refractivity contribution < 1.29 is 4.79 Å². The lowest BCUT2D eigenvalue weighted by molar-refractivity contribution is -0.110. The third kappa shape index (κ3) is 1.92. The van der Waals surface area contributed by atoms with Crippen molar-refractivity contribution in [3.63, 3.8) is 0 Å². The molecule has 1 aromatic rings. The lowest BCUT2D eigenvalue weighted by atomic mass is 10.2. The van der Waals surface area contributed by atoms with Gasteiger partial charge in [0.1, 0.15) is 0 Å². The molecule has 0 saturated heterocycles. The minimum absolute atomic E-state index is 0.0428. The van der Waals surface area contributed by atoms with Crippen molar-refractivity contribution in [3.8, 4) is 0 Å². The first kappa shape index (κ1) is 8.93. The summed E-state index contributed by atoms with van der Waals surface area (Å²) in [5.74, 6) is 0. The molecule has 1 rings (SSSR count). The number of nitrogens with one attached hydrogen (secondary N) is 2. The standard InChI is InChI=1S/C8H10N2OS/c1-6(10-5-11)8-2-7(3-9)4-12-8/h2-6,9H,1H3,(H,10,11)/t6-/m1/s1. The molecule has 0 aliphatic rings. The highest BCUT2D eigenvalue weighted by Gasteiger charge is 2.05.